The van der Waals surface area contributed by atoms with Gasteiger partial charge in [-0.15, -0.1) is 28.5 Å². The molecule has 4 rings (SSSR count). The Hall–Kier alpha value is -3.67. The maximum atomic E-state index is 12.7. The molecule has 0 unspecified atom stereocenters. The molecular weight excluding hydrogens is 465 g/mol. The number of carbonyl (C=O) groups is 2. The van der Waals surface area contributed by atoms with E-state index in [1.54, 1.807) is 13.0 Å². The highest BCUT2D eigenvalue weighted by Crippen LogP contribution is 2.31. The van der Waals surface area contributed by atoms with Gasteiger partial charge < -0.3 is 15.4 Å². The molecule has 1 aromatic carbocycles. The Morgan fingerprint density at radius 2 is 2.03 bits per heavy atom. The van der Waals surface area contributed by atoms with Gasteiger partial charge in [0.1, 0.15) is 5.75 Å². The largest absolute Gasteiger partial charge is 0.573 e. The SMILES string of the molecule is C[C@H]1C(=O)NC[C@@H]1C(=O)Nc1cc(-c2cccc(OC(F)(F)F)c2)n(-c2ccc(Cl)nn2)n1. The van der Waals surface area contributed by atoms with Crippen molar-refractivity contribution < 1.29 is 27.5 Å². The number of aromatic nitrogens is 4. The smallest absolute Gasteiger partial charge is 0.406 e. The summed E-state index contributed by atoms with van der Waals surface area (Å²) in [5, 5.41) is 17.4. The van der Waals surface area contributed by atoms with Crippen LogP contribution in [0.3, 0.4) is 0 Å². The minimum absolute atomic E-state index is 0.112. The van der Waals surface area contributed by atoms with E-state index in [1.165, 1.54) is 35.0 Å². The van der Waals surface area contributed by atoms with Crippen molar-refractivity contribution in [3.8, 4) is 22.8 Å². The van der Waals surface area contributed by atoms with Gasteiger partial charge in [-0.05, 0) is 24.3 Å². The number of alkyl halides is 3. The van der Waals surface area contributed by atoms with E-state index in [4.69, 9.17) is 11.6 Å². The molecule has 9 nitrogen and oxygen atoms in total. The molecule has 2 atom stereocenters. The van der Waals surface area contributed by atoms with Crippen LogP contribution in [0, 0.1) is 11.8 Å². The Morgan fingerprint density at radius 3 is 2.67 bits per heavy atom. The van der Waals surface area contributed by atoms with Crippen molar-refractivity contribution in [2.75, 3.05) is 11.9 Å². The van der Waals surface area contributed by atoms with Crippen LogP contribution < -0.4 is 15.4 Å². The van der Waals surface area contributed by atoms with Gasteiger partial charge in [0.15, 0.2) is 16.8 Å². The topological polar surface area (TPSA) is 111 Å². The molecule has 0 spiro atoms. The number of rotatable bonds is 5. The Kier molecular flexibility index (Phi) is 5.93. The first kappa shape index (κ1) is 22.5. The molecule has 0 aliphatic carbocycles. The Bertz CT molecular complexity index is 1200. The third kappa shape index (κ3) is 5.06. The summed E-state index contributed by atoms with van der Waals surface area (Å²) in [5.74, 6) is -1.85. The summed E-state index contributed by atoms with van der Waals surface area (Å²) in [7, 11) is 0. The number of benzene rings is 1. The van der Waals surface area contributed by atoms with E-state index in [9.17, 15) is 22.8 Å². The molecule has 0 bridgehead atoms. The molecule has 172 valence electrons. The van der Waals surface area contributed by atoms with Crippen molar-refractivity contribution in [1.82, 2.24) is 25.3 Å². The van der Waals surface area contributed by atoms with Crippen LogP contribution in [0.4, 0.5) is 19.0 Å². The molecular formula is C20H16ClF3N6O3. The summed E-state index contributed by atoms with van der Waals surface area (Å²) in [4.78, 5) is 24.4. The molecule has 0 radical (unpaired) electrons. The van der Waals surface area contributed by atoms with Crippen molar-refractivity contribution in [3.63, 3.8) is 0 Å². The molecule has 3 aromatic rings. The van der Waals surface area contributed by atoms with Crippen molar-refractivity contribution in [2.24, 2.45) is 11.8 Å². The van der Waals surface area contributed by atoms with Gasteiger partial charge in [0.2, 0.25) is 11.8 Å². The van der Waals surface area contributed by atoms with E-state index >= 15 is 0 Å². The van der Waals surface area contributed by atoms with Gasteiger partial charge in [-0.25, -0.2) is 4.68 Å². The summed E-state index contributed by atoms with van der Waals surface area (Å²) in [6.45, 7) is 1.84. The average Bonchev–Trinajstić information content (AvgIpc) is 3.31. The Balaban J connectivity index is 1.70. The third-order valence-electron chi connectivity index (χ3n) is 5.01. The standard InChI is InChI=1S/C20H16ClF3N6O3/c1-10-13(9-25-18(10)31)19(32)26-16-8-14(30(29-16)17-6-5-15(21)27-28-17)11-3-2-4-12(7-11)33-20(22,23)24/h2-8,10,13H,9H2,1H3,(H,25,31)(H,26,29,32)/t10-,13+/m1/s1. The first-order valence-corrected chi connectivity index (χ1v) is 10.0. The van der Waals surface area contributed by atoms with Crippen molar-refractivity contribution in [2.45, 2.75) is 13.3 Å². The second kappa shape index (κ2) is 8.70. The zero-order valence-electron chi connectivity index (χ0n) is 16.9. The maximum Gasteiger partial charge on any atom is 0.573 e. The van der Waals surface area contributed by atoms with Gasteiger partial charge >= 0.3 is 6.36 Å². The molecule has 2 aromatic heterocycles. The van der Waals surface area contributed by atoms with Gasteiger partial charge in [-0.3, -0.25) is 9.59 Å². The van der Waals surface area contributed by atoms with Gasteiger partial charge in [0.05, 0.1) is 11.6 Å². The predicted molar refractivity (Wildman–Crippen MR) is 111 cm³/mol. The molecule has 13 heteroatoms. The van der Waals surface area contributed by atoms with Crippen LogP contribution in [-0.2, 0) is 9.59 Å². The molecule has 1 aliphatic rings. The lowest BCUT2D eigenvalue weighted by Gasteiger charge is -2.11. The highest BCUT2D eigenvalue weighted by Gasteiger charge is 2.36. The summed E-state index contributed by atoms with van der Waals surface area (Å²) in [5.41, 5.74) is 0.621. The van der Waals surface area contributed by atoms with E-state index < -0.39 is 29.9 Å². The predicted octanol–water partition coefficient (Wildman–Crippen LogP) is 3.20. The fraction of sp³-hybridized carbons (Fsp3) is 0.250. The Morgan fingerprint density at radius 1 is 1.24 bits per heavy atom. The summed E-state index contributed by atoms with van der Waals surface area (Å²) in [6, 6.07) is 9.72. The van der Waals surface area contributed by atoms with Gasteiger partial charge in [0, 0.05) is 24.1 Å². The van der Waals surface area contributed by atoms with Crippen LogP contribution in [-0.4, -0.2) is 44.7 Å². The number of anilines is 1. The highest BCUT2D eigenvalue weighted by atomic mass is 35.5. The normalized spacial score (nSPS) is 18.2. The second-order valence-electron chi connectivity index (χ2n) is 7.25. The number of carbonyl (C=O) groups excluding carboxylic acids is 2. The van der Waals surface area contributed by atoms with Crippen LogP contribution in [0.25, 0.3) is 17.1 Å². The minimum atomic E-state index is -4.86. The monoisotopic (exact) mass is 480 g/mol. The van der Waals surface area contributed by atoms with Crippen LogP contribution in [0.2, 0.25) is 5.15 Å². The molecule has 1 fully saturated rings. The minimum Gasteiger partial charge on any atom is -0.406 e. The molecule has 2 N–H and O–H groups in total. The number of ether oxygens (including phenoxy) is 1. The number of amides is 2. The quantitative estimate of drug-likeness (QED) is 0.580. The van der Waals surface area contributed by atoms with Crippen molar-refractivity contribution >= 4 is 29.2 Å². The van der Waals surface area contributed by atoms with Crippen LogP contribution in [0.5, 0.6) is 5.75 Å². The number of nitrogens with zero attached hydrogens (tertiary/aromatic N) is 4. The maximum absolute atomic E-state index is 12.7. The number of nitrogens with one attached hydrogen (secondary N) is 2. The molecule has 1 aliphatic heterocycles. The first-order chi connectivity index (χ1) is 15.6. The van der Waals surface area contributed by atoms with E-state index in [-0.39, 0.29) is 29.2 Å². The van der Waals surface area contributed by atoms with E-state index in [2.05, 4.69) is 30.7 Å². The molecule has 3 heterocycles. The zero-order valence-corrected chi connectivity index (χ0v) is 17.7. The summed E-state index contributed by atoms with van der Waals surface area (Å²) < 4.78 is 43.3. The number of hydrogen-bond donors (Lipinski definition) is 2. The summed E-state index contributed by atoms with van der Waals surface area (Å²) in [6.07, 6.45) is -4.86. The average molecular weight is 481 g/mol. The van der Waals surface area contributed by atoms with E-state index in [0.717, 1.165) is 6.07 Å². The van der Waals surface area contributed by atoms with Gasteiger partial charge in [-0.1, -0.05) is 30.7 Å². The molecule has 0 saturated carbocycles. The van der Waals surface area contributed by atoms with Crippen molar-refractivity contribution in [1.29, 1.82) is 0 Å². The molecule has 33 heavy (non-hydrogen) atoms. The molecule has 1 saturated heterocycles. The second-order valence-corrected chi connectivity index (χ2v) is 7.63. The van der Waals surface area contributed by atoms with E-state index in [0.29, 0.717) is 11.3 Å². The lowest BCUT2D eigenvalue weighted by atomic mass is 9.97. The Labute approximate surface area is 189 Å². The fourth-order valence-corrected chi connectivity index (χ4v) is 3.47. The van der Waals surface area contributed by atoms with E-state index in [1.807, 2.05) is 0 Å². The first-order valence-electron chi connectivity index (χ1n) is 9.65. The third-order valence-corrected chi connectivity index (χ3v) is 5.21. The number of hydrogen-bond acceptors (Lipinski definition) is 6. The molecule has 2 amide bonds. The lowest BCUT2D eigenvalue weighted by molar-refractivity contribution is -0.274. The summed E-state index contributed by atoms with van der Waals surface area (Å²) >= 11 is 5.79. The van der Waals surface area contributed by atoms with Crippen molar-refractivity contribution in [3.05, 3.63) is 47.6 Å². The highest BCUT2D eigenvalue weighted by molar-refractivity contribution is 6.29. The van der Waals surface area contributed by atoms with Crippen LogP contribution in [0.1, 0.15) is 6.92 Å². The zero-order chi connectivity index (χ0) is 23.8. The lowest BCUT2D eigenvalue weighted by Crippen LogP contribution is -2.28. The van der Waals surface area contributed by atoms with Crippen LogP contribution >= 0.6 is 11.6 Å². The van der Waals surface area contributed by atoms with Gasteiger partial charge in [-0.2, -0.15) is 0 Å². The van der Waals surface area contributed by atoms with Crippen LogP contribution in [0.15, 0.2) is 42.5 Å². The fourth-order valence-electron chi connectivity index (χ4n) is 3.37. The number of halogens is 4. The van der Waals surface area contributed by atoms with Gasteiger partial charge in [0.25, 0.3) is 0 Å².